The van der Waals surface area contributed by atoms with Gasteiger partial charge in [-0.05, 0) is 42.4 Å². The Morgan fingerprint density at radius 2 is 2.25 bits per heavy atom. The quantitative estimate of drug-likeness (QED) is 0.591. The summed E-state index contributed by atoms with van der Waals surface area (Å²) in [7, 11) is 0. The monoisotopic (exact) mass is 176 g/mol. The first-order valence-electron chi connectivity index (χ1n) is 4.23. The van der Waals surface area contributed by atoms with E-state index in [0.717, 1.165) is 0 Å². The van der Waals surface area contributed by atoms with E-state index in [9.17, 15) is 0 Å². The van der Waals surface area contributed by atoms with Gasteiger partial charge in [-0.3, -0.25) is 0 Å². The van der Waals surface area contributed by atoms with Crippen LogP contribution < -0.4 is 0 Å². The molecule has 1 aliphatic carbocycles. The van der Waals surface area contributed by atoms with Crippen LogP contribution in [-0.4, -0.2) is 6.26 Å². The molecular weight excluding hydrogens is 164 g/mol. The summed E-state index contributed by atoms with van der Waals surface area (Å²) in [4.78, 5) is 1.38. The molecule has 2 rings (SSSR count). The van der Waals surface area contributed by atoms with Gasteiger partial charge in [-0.1, -0.05) is 18.2 Å². The Morgan fingerprint density at radius 1 is 1.33 bits per heavy atom. The van der Waals surface area contributed by atoms with Crippen LogP contribution in [0.2, 0.25) is 0 Å². The predicted molar refractivity (Wildman–Crippen MR) is 55.6 cm³/mol. The van der Waals surface area contributed by atoms with E-state index in [1.54, 1.807) is 0 Å². The van der Waals surface area contributed by atoms with Crippen LogP contribution in [0.5, 0.6) is 0 Å². The lowest BCUT2D eigenvalue weighted by molar-refractivity contribution is 0.978. The van der Waals surface area contributed by atoms with Gasteiger partial charge in [0.05, 0.1) is 0 Å². The summed E-state index contributed by atoms with van der Waals surface area (Å²) in [5, 5.41) is 0. The second-order valence-corrected chi connectivity index (χ2v) is 3.89. The summed E-state index contributed by atoms with van der Waals surface area (Å²) in [5.74, 6) is 0. The molecule has 0 bridgehead atoms. The van der Waals surface area contributed by atoms with E-state index in [1.165, 1.54) is 28.9 Å². The normalized spacial score (nSPS) is 14.4. The maximum atomic E-state index is 2.31. The number of thioether (sulfide) groups is 1. The fraction of sp³-hybridized carbons (Fsp3) is 0.273. The van der Waals surface area contributed by atoms with Crippen LogP contribution in [0.15, 0.2) is 29.2 Å². The van der Waals surface area contributed by atoms with Crippen LogP contribution in [0.4, 0.5) is 0 Å². The lowest BCUT2D eigenvalue weighted by Gasteiger charge is -2.10. The standard InChI is InChI=1S/C11H12S/c1-12-11-7-6-9-4-2-3-5-10(9)8-11/h2,4,6-8H,3,5H2,1H3. The van der Waals surface area contributed by atoms with Crippen molar-refractivity contribution in [3.63, 3.8) is 0 Å². The molecule has 0 aromatic heterocycles. The molecule has 0 saturated heterocycles. The van der Waals surface area contributed by atoms with Crippen LogP contribution in [0, 0.1) is 0 Å². The highest BCUT2D eigenvalue weighted by atomic mass is 32.2. The van der Waals surface area contributed by atoms with E-state index in [0.29, 0.717) is 0 Å². The third-order valence-electron chi connectivity index (χ3n) is 2.23. The largest absolute Gasteiger partial charge is 0.130 e. The summed E-state index contributed by atoms with van der Waals surface area (Å²) in [6.07, 6.45) is 9.01. The first-order valence-corrected chi connectivity index (χ1v) is 5.46. The molecule has 0 radical (unpaired) electrons. The van der Waals surface area contributed by atoms with Gasteiger partial charge >= 0.3 is 0 Å². The van der Waals surface area contributed by atoms with Gasteiger partial charge in [-0.15, -0.1) is 11.8 Å². The number of fused-ring (bicyclic) bond motifs is 1. The van der Waals surface area contributed by atoms with Crippen molar-refractivity contribution in [1.82, 2.24) is 0 Å². The van der Waals surface area contributed by atoms with Crippen molar-refractivity contribution < 1.29 is 0 Å². The topological polar surface area (TPSA) is 0 Å². The van der Waals surface area contributed by atoms with Crippen molar-refractivity contribution in [2.24, 2.45) is 0 Å². The molecule has 1 heteroatoms. The van der Waals surface area contributed by atoms with Crippen LogP contribution in [-0.2, 0) is 6.42 Å². The minimum absolute atomic E-state index is 1.20. The summed E-state index contributed by atoms with van der Waals surface area (Å²) < 4.78 is 0. The van der Waals surface area contributed by atoms with Gasteiger partial charge < -0.3 is 0 Å². The van der Waals surface area contributed by atoms with Crippen LogP contribution in [0.1, 0.15) is 17.5 Å². The Balaban J connectivity index is 2.44. The zero-order chi connectivity index (χ0) is 8.39. The van der Waals surface area contributed by atoms with Gasteiger partial charge in [-0.2, -0.15) is 0 Å². The Bertz CT molecular complexity index is 313. The molecule has 0 spiro atoms. The van der Waals surface area contributed by atoms with Gasteiger partial charge in [0.1, 0.15) is 0 Å². The zero-order valence-corrected chi connectivity index (χ0v) is 8.03. The molecule has 12 heavy (non-hydrogen) atoms. The van der Waals surface area contributed by atoms with Crippen molar-refractivity contribution in [3.05, 3.63) is 35.4 Å². The predicted octanol–water partition coefficient (Wildman–Crippen LogP) is 3.37. The number of aryl methyl sites for hydroxylation is 1. The number of hydrogen-bond donors (Lipinski definition) is 0. The molecule has 0 aliphatic heterocycles. The minimum atomic E-state index is 1.20. The smallest absolute Gasteiger partial charge is 0.00722 e. The molecule has 0 saturated carbocycles. The molecule has 1 aromatic carbocycles. The van der Waals surface area contributed by atoms with Crippen molar-refractivity contribution in [1.29, 1.82) is 0 Å². The summed E-state index contributed by atoms with van der Waals surface area (Å²) in [6, 6.07) is 6.72. The Hall–Kier alpha value is -0.690. The highest BCUT2D eigenvalue weighted by Crippen LogP contribution is 2.24. The third kappa shape index (κ3) is 1.42. The van der Waals surface area contributed by atoms with Crippen molar-refractivity contribution in [2.75, 3.05) is 6.26 Å². The van der Waals surface area contributed by atoms with Gasteiger partial charge in [0, 0.05) is 4.90 Å². The Labute approximate surface area is 77.7 Å². The van der Waals surface area contributed by atoms with Crippen molar-refractivity contribution in [3.8, 4) is 0 Å². The second-order valence-electron chi connectivity index (χ2n) is 3.01. The summed E-state index contributed by atoms with van der Waals surface area (Å²) >= 11 is 1.82. The zero-order valence-electron chi connectivity index (χ0n) is 7.21. The number of hydrogen-bond acceptors (Lipinski definition) is 1. The number of allylic oxidation sites excluding steroid dienone is 1. The highest BCUT2D eigenvalue weighted by molar-refractivity contribution is 7.98. The third-order valence-corrected chi connectivity index (χ3v) is 2.95. The number of benzene rings is 1. The van der Waals surface area contributed by atoms with Crippen LogP contribution in [0.3, 0.4) is 0 Å². The van der Waals surface area contributed by atoms with E-state index in [-0.39, 0.29) is 0 Å². The van der Waals surface area contributed by atoms with E-state index < -0.39 is 0 Å². The molecule has 0 nitrogen and oxygen atoms in total. The minimum Gasteiger partial charge on any atom is -0.130 e. The van der Waals surface area contributed by atoms with Gasteiger partial charge in [0.2, 0.25) is 0 Å². The Kier molecular flexibility index (Phi) is 2.22. The van der Waals surface area contributed by atoms with Gasteiger partial charge in [0.25, 0.3) is 0 Å². The molecule has 0 N–H and O–H groups in total. The molecule has 0 fully saturated rings. The van der Waals surface area contributed by atoms with Gasteiger partial charge in [0.15, 0.2) is 0 Å². The molecule has 1 aromatic rings. The van der Waals surface area contributed by atoms with Gasteiger partial charge in [-0.25, -0.2) is 0 Å². The average molecular weight is 176 g/mol. The van der Waals surface area contributed by atoms with E-state index >= 15 is 0 Å². The molecule has 0 unspecified atom stereocenters. The molecule has 0 amide bonds. The fourth-order valence-corrected chi connectivity index (χ4v) is 2.00. The summed E-state index contributed by atoms with van der Waals surface area (Å²) in [6.45, 7) is 0. The SMILES string of the molecule is CSc1ccc2c(c1)CCC=C2. The lowest BCUT2D eigenvalue weighted by Crippen LogP contribution is -1.93. The first kappa shape index (κ1) is 7.93. The lowest BCUT2D eigenvalue weighted by atomic mass is 9.98. The van der Waals surface area contributed by atoms with E-state index in [1.807, 2.05) is 11.8 Å². The molecule has 1 aliphatic rings. The highest BCUT2D eigenvalue weighted by Gasteiger charge is 2.03. The summed E-state index contributed by atoms with van der Waals surface area (Å²) in [5.41, 5.74) is 2.91. The maximum Gasteiger partial charge on any atom is 0.00722 e. The maximum absolute atomic E-state index is 2.31. The van der Waals surface area contributed by atoms with Crippen LogP contribution in [0.25, 0.3) is 6.08 Å². The van der Waals surface area contributed by atoms with Crippen molar-refractivity contribution in [2.45, 2.75) is 17.7 Å². The van der Waals surface area contributed by atoms with Crippen molar-refractivity contribution >= 4 is 17.8 Å². The Morgan fingerprint density at radius 3 is 3.08 bits per heavy atom. The molecule has 0 heterocycles. The second kappa shape index (κ2) is 3.36. The first-order chi connectivity index (χ1) is 5.90. The molecule has 0 atom stereocenters. The molecular formula is C11H12S. The average Bonchev–Trinajstić information content (AvgIpc) is 2.17. The molecule has 62 valence electrons. The number of rotatable bonds is 1. The van der Waals surface area contributed by atoms with E-state index in [4.69, 9.17) is 0 Å². The van der Waals surface area contributed by atoms with E-state index in [2.05, 4.69) is 36.6 Å². The fourth-order valence-electron chi connectivity index (χ4n) is 1.54. The van der Waals surface area contributed by atoms with Crippen LogP contribution >= 0.6 is 11.8 Å².